The fourth-order valence-corrected chi connectivity index (χ4v) is 4.38. The number of halogens is 1. The number of carbonyl (C=O) groups excluding carboxylic acids is 3. The summed E-state index contributed by atoms with van der Waals surface area (Å²) in [5.41, 5.74) is 1.90. The molecule has 2 heterocycles. The van der Waals surface area contributed by atoms with Crippen LogP contribution in [0.15, 0.2) is 36.4 Å². The van der Waals surface area contributed by atoms with Crippen molar-refractivity contribution >= 4 is 34.9 Å². The van der Waals surface area contributed by atoms with Gasteiger partial charge in [-0.2, -0.15) is 0 Å². The van der Waals surface area contributed by atoms with E-state index in [4.69, 9.17) is 25.8 Å². The molecule has 4 rings (SSSR count). The molecule has 0 aromatic heterocycles. The van der Waals surface area contributed by atoms with Crippen molar-refractivity contribution in [1.29, 1.82) is 0 Å². The summed E-state index contributed by atoms with van der Waals surface area (Å²) in [6.07, 6.45) is 2.85. The van der Waals surface area contributed by atoms with Crippen molar-refractivity contribution in [2.75, 3.05) is 37.8 Å². The maximum absolute atomic E-state index is 12.8. The van der Waals surface area contributed by atoms with Crippen molar-refractivity contribution in [3.05, 3.63) is 52.5 Å². The standard InChI is InChI=1S/C26H29ClN2O6/c1-17-6-8-23(20(27)12-17)34-15-22(30)18-7-9-24-21(13-18)29(26(32)16-35-24)10-2-5-25(31)28-14-19-4-3-11-33-19/h6-9,12-13,19H,2-5,10-11,14-16H2,1H3,(H,28,31). The van der Waals surface area contributed by atoms with Crippen LogP contribution in [-0.2, 0) is 14.3 Å². The number of benzene rings is 2. The monoisotopic (exact) mass is 500 g/mol. The van der Waals surface area contributed by atoms with Crippen LogP contribution in [0, 0.1) is 6.92 Å². The second-order valence-electron chi connectivity index (χ2n) is 8.70. The third-order valence-corrected chi connectivity index (χ3v) is 6.30. The second kappa shape index (κ2) is 11.6. The van der Waals surface area contributed by atoms with Crippen molar-refractivity contribution in [2.24, 2.45) is 0 Å². The number of ketones is 1. The quantitative estimate of drug-likeness (QED) is 0.500. The number of hydrogen-bond donors (Lipinski definition) is 1. The number of ether oxygens (including phenoxy) is 3. The molecule has 2 aromatic carbocycles. The zero-order valence-corrected chi connectivity index (χ0v) is 20.4. The summed E-state index contributed by atoms with van der Waals surface area (Å²) in [5.74, 6) is 0.408. The summed E-state index contributed by atoms with van der Waals surface area (Å²) < 4.78 is 16.7. The molecule has 186 valence electrons. The van der Waals surface area contributed by atoms with Crippen LogP contribution in [0.5, 0.6) is 11.5 Å². The minimum atomic E-state index is -0.254. The summed E-state index contributed by atoms with van der Waals surface area (Å²) in [6.45, 7) is 3.24. The molecular formula is C26H29ClN2O6. The summed E-state index contributed by atoms with van der Waals surface area (Å²) in [4.78, 5) is 39.1. The fraction of sp³-hybridized carbons (Fsp3) is 0.423. The lowest BCUT2D eigenvalue weighted by molar-refractivity contribution is -0.123. The van der Waals surface area contributed by atoms with Crippen molar-refractivity contribution in [2.45, 2.75) is 38.7 Å². The van der Waals surface area contributed by atoms with E-state index in [1.165, 1.54) is 0 Å². The zero-order valence-electron chi connectivity index (χ0n) is 19.7. The van der Waals surface area contributed by atoms with Gasteiger partial charge >= 0.3 is 0 Å². The van der Waals surface area contributed by atoms with Gasteiger partial charge in [0.15, 0.2) is 19.0 Å². The number of anilines is 1. The Labute approximate surface area is 209 Å². The molecule has 0 saturated carbocycles. The minimum Gasteiger partial charge on any atom is -0.484 e. The molecule has 9 heteroatoms. The maximum Gasteiger partial charge on any atom is 0.265 e. The number of rotatable bonds is 10. The van der Waals surface area contributed by atoms with Gasteiger partial charge in [-0.15, -0.1) is 0 Å². The van der Waals surface area contributed by atoms with Gasteiger partial charge in [-0.05, 0) is 62.1 Å². The van der Waals surface area contributed by atoms with Crippen LogP contribution in [0.3, 0.4) is 0 Å². The van der Waals surface area contributed by atoms with Gasteiger partial charge in [0, 0.05) is 31.7 Å². The minimum absolute atomic E-state index is 0.0720. The molecule has 0 bridgehead atoms. The molecule has 2 aliphatic rings. The predicted molar refractivity (Wildman–Crippen MR) is 132 cm³/mol. The lowest BCUT2D eigenvalue weighted by Crippen LogP contribution is -2.40. The first-order valence-electron chi connectivity index (χ1n) is 11.8. The van der Waals surface area contributed by atoms with Crippen molar-refractivity contribution in [1.82, 2.24) is 5.32 Å². The molecular weight excluding hydrogens is 472 g/mol. The molecule has 35 heavy (non-hydrogen) atoms. The van der Waals surface area contributed by atoms with Crippen LogP contribution in [0.1, 0.15) is 41.6 Å². The lowest BCUT2D eigenvalue weighted by atomic mass is 10.1. The fourth-order valence-electron chi connectivity index (χ4n) is 4.09. The van der Waals surface area contributed by atoms with Crippen LogP contribution in [0.2, 0.25) is 5.02 Å². The second-order valence-corrected chi connectivity index (χ2v) is 9.11. The van der Waals surface area contributed by atoms with Crippen molar-refractivity contribution < 1.29 is 28.6 Å². The molecule has 0 radical (unpaired) electrons. The molecule has 2 amide bonds. The number of nitrogens with one attached hydrogen (secondary N) is 1. The molecule has 1 fully saturated rings. The Bertz CT molecular complexity index is 1100. The van der Waals surface area contributed by atoms with E-state index in [0.717, 1.165) is 25.0 Å². The van der Waals surface area contributed by atoms with Crippen LogP contribution in [-0.4, -0.2) is 56.6 Å². The largest absolute Gasteiger partial charge is 0.484 e. The first kappa shape index (κ1) is 25.0. The Morgan fingerprint density at radius 2 is 2.09 bits per heavy atom. The normalized spacial score (nSPS) is 17.0. The number of hydrogen-bond acceptors (Lipinski definition) is 6. The highest BCUT2D eigenvalue weighted by Gasteiger charge is 2.27. The molecule has 8 nitrogen and oxygen atoms in total. The maximum atomic E-state index is 12.8. The van der Waals surface area contributed by atoms with Crippen LogP contribution in [0.25, 0.3) is 0 Å². The van der Waals surface area contributed by atoms with E-state index >= 15 is 0 Å². The number of Topliss-reactive ketones (excluding diaryl/α,β-unsaturated/α-hetero) is 1. The van der Waals surface area contributed by atoms with Crippen molar-refractivity contribution in [3.8, 4) is 11.5 Å². The summed E-state index contributed by atoms with van der Waals surface area (Å²) >= 11 is 6.18. The Morgan fingerprint density at radius 3 is 2.86 bits per heavy atom. The predicted octanol–water partition coefficient (Wildman–Crippen LogP) is 3.71. The van der Waals surface area contributed by atoms with Gasteiger partial charge in [0.25, 0.3) is 5.91 Å². The van der Waals surface area contributed by atoms with Gasteiger partial charge in [0.05, 0.1) is 16.8 Å². The third kappa shape index (κ3) is 6.52. The van der Waals surface area contributed by atoms with E-state index < -0.39 is 0 Å². The van der Waals surface area contributed by atoms with Gasteiger partial charge < -0.3 is 24.4 Å². The molecule has 1 atom stereocenters. The Hall–Kier alpha value is -3.10. The highest BCUT2D eigenvalue weighted by molar-refractivity contribution is 6.32. The smallest absolute Gasteiger partial charge is 0.265 e. The van der Waals surface area contributed by atoms with Gasteiger partial charge in [-0.25, -0.2) is 0 Å². The molecule has 1 N–H and O–H groups in total. The molecule has 0 aliphatic carbocycles. The summed E-state index contributed by atoms with van der Waals surface area (Å²) in [7, 11) is 0. The van der Waals surface area contributed by atoms with E-state index in [0.29, 0.717) is 47.3 Å². The van der Waals surface area contributed by atoms with Gasteiger partial charge in [-0.1, -0.05) is 17.7 Å². The van der Waals surface area contributed by atoms with E-state index in [1.54, 1.807) is 35.2 Å². The molecule has 2 aromatic rings. The first-order valence-corrected chi connectivity index (χ1v) is 12.2. The summed E-state index contributed by atoms with van der Waals surface area (Å²) in [6, 6.07) is 10.3. The number of amides is 2. The topological polar surface area (TPSA) is 94.2 Å². The molecule has 1 unspecified atom stereocenters. The van der Waals surface area contributed by atoms with E-state index in [-0.39, 0.29) is 43.3 Å². The van der Waals surface area contributed by atoms with E-state index in [1.807, 2.05) is 13.0 Å². The lowest BCUT2D eigenvalue weighted by Gasteiger charge is -2.29. The van der Waals surface area contributed by atoms with Crippen molar-refractivity contribution in [3.63, 3.8) is 0 Å². The number of carbonyl (C=O) groups is 3. The average Bonchev–Trinajstić information content (AvgIpc) is 3.37. The Kier molecular flexibility index (Phi) is 8.25. The molecule has 2 aliphatic heterocycles. The van der Waals surface area contributed by atoms with E-state index in [9.17, 15) is 14.4 Å². The number of nitrogens with zero attached hydrogens (tertiary/aromatic N) is 1. The van der Waals surface area contributed by atoms with Gasteiger partial charge in [-0.3, -0.25) is 14.4 Å². The third-order valence-electron chi connectivity index (χ3n) is 6.01. The number of fused-ring (bicyclic) bond motifs is 1. The zero-order chi connectivity index (χ0) is 24.8. The average molecular weight is 501 g/mol. The van der Waals surface area contributed by atoms with Gasteiger partial charge in [0.2, 0.25) is 5.91 Å². The summed E-state index contributed by atoms with van der Waals surface area (Å²) in [5, 5.41) is 3.33. The Balaban J connectivity index is 1.34. The van der Waals surface area contributed by atoms with Crippen LogP contribution >= 0.6 is 11.6 Å². The van der Waals surface area contributed by atoms with E-state index in [2.05, 4.69) is 5.32 Å². The SMILES string of the molecule is Cc1ccc(OCC(=O)c2ccc3c(c2)N(CCCC(=O)NCC2CCCO2)C(=O)CO3)c(Cl)c1. The number of aryl methyl sites for hydroxylation is 1. The van der Waals surface area contributed by atoms with Crippen LogP contribution < -0.4 is 19.7 Å². The molecule has 0 spiro atoms. The highest BCUT2D eigenvalue weighted by Crippen LogP contribution is 2.33. The van der Waals surface area contributed by atoms with Crippen LogP contribution in [0.4, 0.5) is 5.69 Å². The Morgan fingerprint density at radius 1 is 1.23 bits per heavy atom. The highest BCUT2D eigenvalue weighted by atomic mass is 35.5. The first-order chi connectivity index (χ1) is 16.9. The van der Waals surface area contributed by atoms with Gasteiger partial charge in [0.1, 0.15) is 11.5 Å². The molecule has 1 saturated heterocycles.